The molecule has 55 heavy (non-hydrogen) atoms. The molecule has 0 atom stereocenters. The third-order valence-corrected chi connectivity index (χ3v) is 9.98. The van der Waals surface area contributed by atoms with Gasteiger partial charge >= 0.3 is 0 Å². The van der Waals surface area contributed by atoms with Crippen LogP contribution in [-0.2, 0) is 0 Å². The maximum Gasteiger partial charge on any atom is 0.164 e. The van der Waals surface area contributed by atoms with Crippen LogP contribution in [0, 0.1) is 0 Å². The molecule has 4 heterocycles. The van der Waals surface area contributed by atoms with Crippen molar-refractivity contribution in [1.29, 1.82) is 0 Å². The van der Waals surface area contributed by atoms with Crippen LogP contribution in [0.1, 0.15) is 0 Å². The molecule has 0 fully saturated rings. The lowest BCUT2D eigenvalue weighted by atomic mass is 9.93. The van der Waals surface area contributed by atoms with Crippen LogP contribution in [0.3, 0.4) is 0 Å². The van der Waals surface area contributed by atoms with Gasteiger partial charge < -0.3 is 4.42 Å². The van der Waals surface area contributed by atoms with E-state index in [1.165, 1.54) is 0 Å². The Kier molecular flexibility index (Phi) is 8.04. The van der Waals surface area contributed by atoms with Gasteiger partial charge in [-0.1, -0.05) is 121 Å². The number of benzene rings is 6. The Bertz CT molecular complexity index is 2870. The summed E-state index contributed by atoms with van der Waals surface area (Å²) in [7, 11) is 0. The highest BCUT2D eigenvalue weighted by Crippen LogP contribution is 2.43. The Morgan fingerprint density at radius 2 is 0.800 bits per heavy atom. The van der Waals surface area contributed by atoms with Crippen LogP contribution >= 0.6 is 0 Å². The smallest absolute Gasteiger partial charge is 0.164 e. The van der Waals surface area contributed by atoms with Crippen molar-refractivity contribution in [1.82, 2.24) is 24.9 Å². The van der Waals surface area contributed by atoms with Gasteiger partial charge in [-0.3, -0.25) is 9.97 Å². The molecule has 0 saturated heterocycles. The van der Waals surface area contributed by atoms with Crippen molar-refractivity contribution >= 4 is 21.9 Å². The van der Waals surface area contributed by atoms with E-state index < -0.39 is 0 Å². The van der Waals surface area contributed by atoms with Crippen molar-refractivity contribution in [3.05, 3.63) is 189 Å². The van der Waals surface area contributed by atoms with Gasteiger partial charge in [-0.05, 0) is 81.4 Å². The summed E-state index contributed by atoms with van der Waals surface area (Å²) in [5.41, 5.74) is 13.0. The fourth-order valence-corrected chi connectivity index (χ4v) is 7.21. The molecular formula is C49H31N5O. The van der Waals surface area contributed by atoms with Crippen LogP contribution in [0.5, 0.6) is 0 Å². The van der Waals surface area contributed by atoms with Crippen LogP contribution in [0.2, 0.25) is 0 Å². The lowest BCUT2D eigenvalue weighted by Gasteiger charge is -2.11. The minimum Gasteiger partial charge on any atom is -0.455 e. The fourth-order valence-electron chi connectivity index (χ4n) is 7.21. The van der Waals surface area contributed by atoms with Crippen LogP contribution in [-0.4, -0.2) is 24.9 Å². The SMILES string of the molecule is c1ccc(-c2nc(-c3ccccc3)nc(-c3cccc4oc5c(-c6ccc(-c7ccncc7)cc6)cc(-c6ccc(-c7ccncc7)cc6)cc5c34)n2)cc1. The number of rotatable bonds is 7. The molecule has 0 saturated carbocycles. The molecule has 10 rings (SSSR count). The van der Waals surface area contributed by atoms with E-state index in [-0.39, 0.29) is 0 Å². The zero-order valence-corrected chi connectivity index (χ0v) is 29.5. The normalized spacial score (nSPS) is 11.3. The summed E-state index contributed by atoms with van der Waals surface area (Å²) < 4.78 is 6.83. The van der Waals surface area contributed by atoms with Gasteiger partial charge in [0, 0.05) is 57.8 Å². The summed E-state index contributed by atoms with van der Waals surface area (Å²) in [5.74, 6) is 1.80. The summed E-state index contributed by atoms with van der Waals surface area (Å²) in [6.07, 6.45) is 7.28. The molecule has 0 aliphatic heterocycles. The molecule has 6 aromatic carbocycles. The lowest BCUT2D eigenvalue weighted by Crippen LogP contribution is -2.00. The second-order valence-corrected chi connectivity index (χ2v) is 13.3. The van der Waals surface area contributed by atoms with Gasteiger partial charge in [0.05, 0.1) is 0 Å². The van der Waals surface area contributed by atoms with Gasteiger partial charge in [0.1, 0.15) is 11.2 Å². The maximum atomic E-state index is 6.83. The fraction of sp³-hybridized carbons (Fsp3) is 0. The molecule has 4 aromatic heterocycles. The first kappa shape index (κ1) is 32.1. The number of hydrogen-bond acceptors (Lipinski definition) is 6. The number of fused-ring (bicyclic) bond motifs is 3. The van der Waals surface area contributed by atoms with Crippen LogP contribution in [0.25, 0.3) is 101 Å². The number of pyridine rings is 2. The number of nitrogens with zero attached hydrogens (tertiary/aromatic N) is 5. The minimum absolute atomic E-state index is 0.580. The minimum atomic E-state index is 0.580. The summed E-state index contributed by atoms with van der Waals surface area (Å²) in [4.78, 5) is 23.5. The Morgan fingerprint density at radius 3 is 1.35 bits per heavy atom. The monoisotopic (exact) mass is 705 g/mol. The first-order valence-electron chi connectivity index (χ1n) is 18.1. The third kappa shape index (κ3) is 6.11. The number of aromatic nitrogens is 5. The van der Waals surface area contributed by atoms with E-state index in [9.17, 15) is 0 Å². The number of furan rings is 1. The molecule has 6 heteroatoms. The number of hydrogen-bond donors (Lipinski definition) is 0. The lowest BCUT2D eigenvalue weighted by molar-refractivity contribution is 0.670. The van der Waals surface area contributed by atoms with Gasteiger partial charge in [-0.25, -0.2) is 15.0 Å². The quantitative estimate of drug-likeness (QED) is 0.164. The van der Waals surface area contributed by atoms with Gasteiger partial charge in [0.2, 0.25) is 0 Å². The van der Waals surface area contributed by atoms with E-state index in [4.69, 9.17) is 19.4 Å². The molecule has 0 aliphatic carbocycles. The highest BCUT2D eigenvalue weighted by atomic mass is 16.3. The average Bonchev–Trinajstić information content (AvgIpc) is 3.66. The van der Waals surface area contributed by atoms with Crippen LogP contribution in [0.4, 0.5) is 0 Å². The van der Waals surface area contributed by atoms with Crippen molar-refractivity contribution < 1.29 is 4.42 Å². The zero-order chi connectivity index (χ0) is 36.6. The standard InChI is InChI=1S/C49H31N5O/c1-3-8-38(9-4-1)47-52-48(39-10-5-2-6-11-39)54-49(53-47)41-12-7-13-44-45(41)43-31-40(34-16-14-32(15-17-34)35-22-26-50-27-23-35)30-42(46(43)55-44)37-20-18-33(19-21-37)36-24-28-51-29-25-36/h1-31H. The van der Waals surface area contributed by atoms with Gasteiger partial charge in [0.25, 0.3) is 0 Å². The molecule has 6 nitrogen and oxygen atoms in total. The summed E-state index contributed by atoms with van der Waals surface area (Å²) in [6, 6.07) is 56.1. The maximum absolute atomic E-state index is 6.83. The summed E-state index contributed by atoms with van der Waals surface area (Å²) >= 11 is 0. The van der Waals surface area contributed by atoms with Crippen molar-refractivity contribution in [2.24, 2.45) is 0 Å². The second-order valence-electron chi connectivity index (χ2n) is 13.3. The average molecular weight is 706 g/mol. The Morgan fingerprint density at radius 1 is 0.327 bits per heavy atom. The molecule has 0 N–H and O–H groups in total. The Labute approximate surface area is 317 Å². The van der Waals surface area contributed by atoms with E-state index in [0.29, 0.717) is 17.5 Å². The topological polar surface area (TPSA) is 77.6 Å². The van der Waals surface area contributed by atoms with Gasteiger partial charge in [-0.2, -0.15) is 0 Å². The highest BCUT2D eigenvalue weighted by molar-refractivity contribution is 6.16. The molecule has 0 unspecified atom stereocenters. The molecule has 0 bridgehead atoms. The van der Waals surface area contributed by atoms with Gasteiger partial charge in [-0.15, -0.1) is 0 Å². The summed E-state index contributed by atoms with van der Waals surface area (Å²) in [5, 5.41) is 1.93. The summed E-state index contributed by atoms with van der Waals surface area (Å²) in [6.45, 7) is 0. The largest absolute Gasteiger partial charge is 0.455 e. The molecule has 0 spiro atoms. The molecule has 0 aliphatic rings. The van der Waals surface area contributed by atoms with Crippen LogP contribution < -0.4 is 0 Å². The highest BCUT2D eigenvalue weighted by Gasteiger charge is 2.21. The third-order valence-electron chi connectivity index (χ3n) is 9.98. The van der Waals surface area contributed by atoms with Crippen molar-refractivity contribution in [3.8, 4) is 78.7 Å². The van der Waals surface area contributed by atoms with Gasteiger partial charge in [0.15, 0.2) is 17.5 Å². The van der Waals surface area contributed by atoms with Crippen molar-refractivity contribution in [3.63, 3.8) is 0 Å². The van der Waals surface area contributed by atoms with E-state index in [2.05, 4.69) is 76.7 Å². The molecule has 0 amide bonds. The van der Waals surface area contributed by atoms with Crippen molar-refractivity contribution in [2.75, 3.05) is 0 Å². The molecule has 0 radical (unpaired) electrons. The van der Waals surface area contributed by atoms with Crippen LogP contribution in [0.15, 0.2) is 193 Å². The zero-order valence-electron chi connectivity index (χ0n) is 29.5. The van der Waals surface area contributed by atoms with E-state index in [1.54, 1.807) is 0 Å². The molecule has 10 aromatic rings. The molecular weight excluding hydrogens is 675 g/mol. The molecule has 258 valence electrons. The second kappa shape index (κ2) is 13.8. The predicted octanol–water partition coefficient (Wildman–Crippen LogP) is 12.2. The Balaban J connectivity index is 1.19. The Hall–Kier alpha value is -7.57. The van der Waals surface area contributed by atoms with E-state index >= 15 is 0 Å². The van der Waals surface area contributed by atoms with E-state index in [1.807, 2.05) is 122 Å². The van der Waals surface area contributed by atoms with Crippen molar-refractivity contribution in [2.45, 2.75) is 0 Å². The first-order chi connectivity index (χ1) is 27.2. The predicted molar refractivity (Wildman–Crippen MR) is 221 cm³/mol. The van der Waals surface area contributed by atoms with E-state index in [0.717, 1.165) is 83.1 Å². The first-order valence-corrected chi connectivity index (χ1v) is 18.1.